The molecular weight excluding hydrogens is 481 g/mol. The highest BCUT2D eigenvalue weighted by molar-refractivity contribution is 14.0. The van der Waals surface area contributed by atoms with Crippen molar-refractivity contribution < 1.29 is 9.15 Å². The summed E-state index contributed by atoms with van der Waals surface area (Å²) in [5.41, 5.74) is 2.04. The van der Waals surface area contributed by atoms with E-state index in [1.807, 2.05) is 32.9 Å². The van der Waals surface area contributed by atoms with Crippen molar-refractivity contribution in [3.8, 4) is 5.75 Å². The van der Waals surface area contributed by atoms with Crippen LogP contribution in [0, 0.1) is 13.8 Å². The molecular formula is C21H34IN5O2. The lowest BCUT2D eigenvalue weighted by Gasteiger charge is -2.11. The Morgan fingerprint density at radius 3 is 2.48 bits per heavy atom. The van der Waals surface area contributed by atoms with Crippen LogP contribution in [0.4, 0.5) is 0 Å². The first-order valence-corrected chi connectivity index (χ1v) is 9.79. The molecule has 0 spiro atoms. The first kappa shape index (κ1) is 25.2. The first-order valence-electron chi connectivity index (χ1n) is 9.79. The minimum Gasteiger partial charge on any atom is -0.494 e. The summed E-state index contributed by atoms with van der Waals surface area (Å²) in [4.78, 5) is 11.2. The van der Waals surface area contributed by atoms with Gasteiger partial charge in [0, 0.05) is 13.1 Å². The molecule has 1 heterocycles. The van der Waals surface area contributed by atoms with Crippen LogP contribution in [0.15, 0.2) is 33.7 Å². The predicted molar refractivity (Wildman–Crippen MR) is 128 cm³/mol. The molecule has 1 aromatic carbocycles. The molecule has 0 aliphatic carbocycles. The van der Waals surface area contributed by atoms with Crippen molar-refractivity contribution in [3.63, 3.8) is 0 Å². The standard InChI is InChI=1S/C21H33N5O2.HI/c1-6-22-21(24-15-20-25-16(2)17(3)28-20)23-14-18-8-10-19(11-9-18)27-13-7-12-26(4)5;/h8-11H,6-7,12-15H2,1-5H3,(H2,22,23,24);1H. The SMILES string of the molecule is CCNC(=NCc1ccc(OCCCN(C)C)cc1)NCc1nc(C)c(C)o1.I. The van der Waals surface area contributed by atoms with Gasteiger partial charge in [-0.15, -0.1) is 24.0 Å². The molecule has 1 aromatic heterocycles. The summed E-state index contributed by atoms with van der Waals surface area (Å²) in [6.07, 6.45) is 1.01. The van der Waals surface area contributed by atoms with Crippen LogP contribution in [-0.4, -0.2) is 49.6 Å². The number of halogens is 1. The van der Waals surface area contributed by atoms with Crippen LogP contribution >= 0.6 is 24.0 Å². The van der Waals surface area contributed by atoms with Gasteiger partial charge in [-0.2, -0.15) is 0 Å². The summed E-state index contributed by atoms with van der Waals surface area (Å²) in [5, 5.41) is 6.50. The van der Waals surface area contributed by atoms with E-state index in [-0.39, 0.29) is 24.0 Å². The van der Waals surface area contributed by atoms with Crippen molar-refractivity contribution in [2.45, 2.75) is 40.3 Å². The fourth-order valence-corrected chi connectivity index (χ4v) is 2.55. The minimum atomic E-state index is 0. The van der Waals surface area contributed by atoms with E-state index in [0.717, 1.165) is 54.8 Å². The molecule has 0 unspecified atom stereocenters. The third-order valence-corrected chi connectivity index (χ3v) is 4.19. The second-order valence-electron chi connectivity index (χ2n) is 6.95. The summed E-state index contributed by atoms with van der Waals surface area (Å²) in [7, 11) is 4.14. The van der Waals surface area contributed by atoms with E-state index < -0.39 is 0 Å². The number of hydrogen-bond donors (Lipinski definition) is 2. The highest BCUT2D eigenvalue weighted by atomic mass is 127. The number of aliphatic imine (C=N–C) groups is 1. The number of aromatic nitrogens is 1. The summed E-state index contributed by atoms with van der Waals surface area (Å²) >= 11 is 0. The number of rotatable bonds is 10. The Kier molecular flexibility index (Phi) is 11.7. The summed E-state index contributed by atoms with van der Waals surface area (Å²) in [6, 6.07) is 8.10. The first-order chi connectivity index (χ1) is 13.5. The number of aryl methyl sites for hydroxylation is 2. The molecule has 0 atom stereocenters. The molecule has 8 heteroatoms. The molecule has 2 N–H and O–H groups in total. The molecule has 7 nitrogen and oxygen atoms in total. The summed E-state index contributed by atoms with van der Waals surface area (Å²) in [5.74, 6) is 3.14. The lowest BCUT2D eigenvalue weighted by atomic mass is 10.2. The highest BCUT2D eigenvalue weighted by Gasteiger charge is 2.06. The maximum atomic E-state index is 5.77. The Bertz CT molecular complexity index is 725. The molecule has 0 amide bonds. The summed E-state index contributed by atoms with van der Waals surface area (Å²) < 4.78 is 11.4. The van der Waals surface area contributed by atoms with Crippen LogP contribution in [0.3, 0.4) is 0 Å². The number of benzene rings is 1. The molecule has 0 fully saturated rings. The average Bonchev–Trinajstić information content (AvgIpc) is 2.99. The maximum absolute atomic E-state index is 5.77. The zero-order chi connectivity index (χ0) is 20.4. The van der Waals surface area contributed by atoms with E-state index in [1.54, 1.807) is 0 Å². The number of ether oxygens (including phenoxy) is 1. The van der Waals surface area contributed by atoms with Gasteiger partial charge in [0.1, 0.15) is 11.5 Å². The number of guanidine groups is 1. The quantitative estimate of drug-likeness (QED) is 0.219. The van der Waals surface area contributed by atoms with E-state index in [4.69, 9.17) is 9.15 Å². The molecule has 162 valence electrons. The van der Waals surface area contributed by atoms with Gasteiger partial charge in [-0.1, -0.05) is 12.1 Å². The van der Waals surface area contributed by atoms with Crippen LogP contribution in [-0.2, 0) is 13.1 Å². The number of nitrogens with zero attached hydrogens (tertiary/aromatic N) is 3. The Balaban J connectivity index is 0.00000420. The van der Waals surface area contributed by atoms with Gasteiger partial charge in [-0.3, -0.25) is 0 Å². The van der Waals surface area contributed by atoms with E-state index in [0.29, 0.717) is 19.0 Å². The number of hydrogen-bond acceptors (Lipinski definition) is 5. The molecule has 0 aliphatic heterocycles. The second-order valence-corrected chi connectivity index (χ2v) is 6.95. The van der Waals surface area contributed by atoms with E-state index in [1.165, 1.54) is 0 Å². The van der Waals surface area contributed by atoms with E-state index in [9.17, 15) is 0 Å². The van der Waals surface area contributed by atoms with Crippen molar-refractivity contribution >= 4 is 29.9 Å². The third kappa shape index (κ3) is 9.49. The van der Waals surface area contributed by atoms with Gasteiger partial charge in [0.05, 0.1) is 25.4 Å². The largest absolute Gasteiger partial charge is 0.494 e. The minimum absolute atomic E-state index is 0. The maximum Gasteiger partial charge on any atom is 0.214 e. The molecule has 2 aromatic rings. The third-order valence-electron chi connectivity index (χ3n) is 4.19. The fourth-order valence-electron chi connectivity index (χ4n) is 2.55. The van der Waals surface area contributed by atoms with Gasteiger partial charge >= 0.3 is 0 Å². The number of oxazole rings is 1. The van der Waals surface area contributed by atoms with Gasteiger partial charge in [0.15, 0.2) is 5.96 Å². The second kappa shape index (κ2) is 13.4. The molecule has 0 bridgehead atoms. The van der Waals surface area contributed by atoms with Crippen molar-refractivity contribution in [1.82, 2.24) is 20.5 Å². The van der Waals surface area contributed by atoms with Gasteiger partial charge in [0.2, 0.25) is 5.89 Å². The monoisotopic (exact) mass is 515 g/mol. The van der Waals surface area contributed by atoms with Gasteiger partial charge in [-0.25, -0.2) is 9.98 Å². The fraction of sp³-hybridized carbons (Fsp3) is 0.524. The Hall–Kier alpha value is -1.81. The molecule has 0 aliphatic rings. The van der Waals surface area contributed by atoms with Crippen molar-refractivity contribution in [2.24, 2.45) is 4.99 Å². The van der Waals surface area contributed by atoms with Crippen molar-refractivity contribution in [2.75, 3.05) is 33.8 Å². The van der Waals surface area contributed by atoms with Gasteiger partial charge < -0.3 is 24.7 Å². The van der Waals surface area contributed by atoms with E-state index in [2.05, 4.69) is 51.7 Å². The lowest BCUT2D eigenvalue weighted by molar-refractivity contribution is 0.281. The van der Waals surface area contributed by atoms with E-state index >= 15 is 0 Å². The Morgan fingerprint density at radius 2 is 1.90 bits per heavy atom. The van der Waals surface area contributed by atoms with Gasteiger partial charge in [-0.05, 0) is 59.0 Å². The molecule has 29 heavy (non-hydrogen) atoms. The average molecular weight is 515 g/mol. The lowest BCUT2D eigenvalue weighted by Crippen LogP contribution is -2.36. The van der Waals surface area contributed by atoms with Crippen LogP contribution in [0.5, 0.6) is 5.75 Å². The highest BCUT2D eigenvalue weighted by Crippen LogP contribution is 2.13. The Morgan fingerprint density at radius 1 is 1.17 bits per heavy atom. The van der Waals surface area contributed by atoms with Crippen LogP contribution < -0.4 is 15.4 Å². The molecule has 0 radical (unpaired) electrons. The van der Waals surface area contributed by atoms with Crippen molar-refractivity contribution in [3.05, 3.63) is 47.2 Å². The smallest absolute Gasteiger partial charge is 0.214 e. The van der Waals surface area contributed by atoms with Crippen LogP contribution in [0.2, 0.25) is 0 Å². The van der Waals surface area contributed by atoms with Crippen molar-refractivity contribution in [1.29, 1.82) is 0 Å². The Labute approximate surface area is 191 Å². The molecule has 0 saturated heterocycles. The van der Waals surface area contributed by atoms with Crippen LogP contribution in [0.1, 0.15) is 36.3 Å². The molecule has 0 saturated carbocycles. The topological polar surface area (TPSA) is 74.9 Å². The molecule has 2 rings (SSSR count). The zero-order valence-electron chi connectivity index (χ0n) is 18.1. The van der Waals surface area contributed by atoms with Crippen LogP contribution in [0.25, 0.3) is 0 Å². The predicted octanol–water partition coefficient (Wildman–Crippen LogP) is 3.50. The number of nitrogens with one attached hydrogen (secondary N) is 2. The normalized spacial score (nSPS) is 11.3. The summed E-state index contributed by atoms with van der Waals surface area (Å²) in [6.45, 7) is 9.52. The van der Waals surface area contributed by atoms with Gasteiger partial charge in [0.25, 0.3) is 0 Å². The zero-order valence-corrected chi connectivity index (χ0v) is 20.4.